The average molecular weight is 361 g/mol. The van der Waals surface area contributed by atoms with Crippen molar-refractivity contribution in [3.05, 3.63) is 66.6 Å². The Morgan fingerprint density at radius 3 is 2.70 bits per heavy atom. The van der Waals surface area contributed by atoms with E-state index in [1.54, 1.807) is 6.33 Å². The number of hydrogen-bond donors (Lipinski definition) is 1. The van der Waals surface area contributed by atoms with Crippen LogP contribution >= 0.6 is 0 Å². The number of rotatable bonds is 6. The minimum Gasteiger partial charge on any atom is -0.493 e. The molecule has 138 valence electrons. The molecule has 3 aromatic rings. The first-order valence-corrected chi connectivity index (χ1v) is 9.41. The molecule has 4 rings (SSSR count). The van der Waals surface area contributed by atoms with Crippen LogP contribution in [-0.4, -0.2) is 29.0 Å². The number of nitrogens with zero attached hydrogens (tertiary/aromatic N) is 2. The molecular weight excluding hydrogens is 338 g/mol. The molecule has 1 saturated heterocycles. The Hall–Kier alpha value is -3.08. The van der Waals surface area contributed by atoms with Crippen LogP contribution in [0.15, 0.2) is 61.1 Å². The van der Waals surface area contributed by atoms with Gasteiger partial charge in [-0.05, 0) is 42.7 Å². The molecule has 0 aliphatic carbocycles. The molecule has 1 amide bonds. The maximum atomic E-state index is 12.0. The fourth-order valence-corrected chi connectivity index (χ4v) is 3.41. The van der Waals surface area contributed by atoms with Crippen molar-refractivity contribution in [2.75, 3.05) is 18.1 Å². The van der Waals surface area contributed by atoms with E-state index in [0.717, 1.165) is 48.5 Å². The second kappa shape index (κ2) is 8.08. The first-order chi connectivity index (χ1) is 13.3. The monoisotopic (exact) mass is 361 g/mol. The van der Waals surface area contributed by atoms with Gasteiger partial charge in [-0.3, -0.25) is 4.79 Å². The number of anilines is 1. The van der Waals surface area contributed by atoms with Gasteiger partial charge in [-0.1, -0.05) is 24.3 Å². The van der Waals surface area contributed by atoms with Crippen LogP contribution < -0.4 is 9.64 Å². The van der Waals surface area contributed by atoms with Crippen molar-refractivity contribution in [1.82, 2.24) is 9.97 Å². The Bertz CT molecular complexity index is 888. The van der Waals surface area contributed by atoms with Crippen LogP contribution in [0, 0.1) is 0 Å². The van der Waals surface area contributed by atoms with Crippen LogP contribution in [0.1, 0.15) is 24.8 Å². The summed E-state index contributed by atoms with van der Waals surface area (Å²) in [6, 6.07) is 16.2. The van der Waals surface area contributed by atoms with E-state index in [-0.39, 0.29) is 5.91 Å². The number of nitrogens with one attached hydrogen (secondary N) is 1. The van der Waals surface area contributed by atoms with Crippen molar-refractivity contribution in [2.24, 2.45) is 0 Å². The zero-order valence-electron chi connectivity index (χ0n) is 15.2. The number of para-hydroxylation sites is 1. The quantitative estimate of drug-likeness (QED) is 0.715. The Labute approximate surface area is 159 Å². The van der Waals surface area contributed by atoms with Gasteiger partial charge in [0.25, 0.3) is 0 Å². The van der Waals surface area contributed by atoms with E-state index >= 15 is 0 Å². The van der Waals surface area contributed by atoms with Gasteiger partial charge >= 0.3 is 0 Å². The van der Waals surface area contributed by atoms with Crippen molar-refractivity contribution >= 4 is 11.6 Å². The highest BCUT2D eigenvalue weighted by atomic mass is 16.5. The maximum absolute atomic E-state index is 12.0. The highest BCUT2D eigenvalue weighted by molar-refractivity contribution is 5.93. The number of carbonyl (C=O) groups is 1. The number of carbonyl (C=O) groups excluding carboxylic acids is 1. The molecule has 5 heteroatoms. The lowest BCUT2D eigenvalue weighted by molar-refractivity contribution is -0.119. The number of aromatic amines is 1. The summed E-state index contributed by atoms with van der Waals surface area (Å²) in [4.78, 5) is 21.2. The topological polar surface area (TPSA) is 58.2 Å². The SMILES string of the molecule is O=C1CCCCN1c1ccc(CCOc2ccccc2-c2c[nH]cn2)cc1. The zero-order valence-corrected chi connectivity index (χ0v) is 15.2. The van der Waals surface area contributed by atoms with E-state index in [1.165, 1.54) is 5.56 Å². The van der Waals surface area contributed by atoms with E-state index in [1.807, 2.05) is 47.5 Å². The average Bonchev–Trinajstić information content (AvgIpc) is 3.24. The molecule has 0 spiro atoms. The highest BCUT2D eigenvalue weighted by Gasteiger charge is 2.19. The molecule has 0 radical (unpaired) electrons. The molecule has 1 fully saturated rings. The molecular formula is C22H23N3O2. The minimum atomic E-state index is 0.229. The molecule has 0 atom stereocenters. The second-order valence-electron chi connectivity index (χ2n) is 6.72. The minimum absolute atomic E-state index is 0.229. The van der Waals surface area contributed by atoms with Gasteiger partial charge in [0.1, 0.15) is 5.75 Å². The molecule has 27 heavy (non-hydrogen) atoms. The van der Waals surface area contributed by atoms with E-state index < -0.39 is 0 Å². The summed E-state index contributed by atoms with van der Waals surface area (Å²) in [6.07, 6.45) is 7.08. The van der Waals surface area contributed by atoms with Crippen molar-refractivity contribution in [2.45, 2.75) is 25.7 Å². The van der Waals surface area contributed by atoms with Gasteiger partial charge in [0, 0.05) is 36.8 Å². The lowest BCUT2D eigenvalue weighted by Crippen LogP contribution is -2.35. The molecule has 0 unspecified atom stereocenters. The van der Waals surface area contributed by atoms with Crippen molar-refractivity contribution in [3.63, 3.8) is 0 Å². The predicted molar refractivity (Wildman–Crippen MR) is 106 cm³/mol. The van der Waals surface area contributed by atoms with Crippen LogP contribution in [0.4, 0.5) is 5.69 Å². The summed E-state index contributed by atoms with van der Waals surface area (Å²) in [6.45, 7) is 1.41. The lowest BCUT2D eigenvalue weighted by atomic mass is 10.1. The van der Waals surface area contributed by atoms with Gasteiger partial charge in [0.05, 0.1) is 18.6 Å². The second-order valence-corrected chi connectivity index (χ2v) is 6.72. The van der Waals surface area contributed by atoms with Gasteiger partial charge in [-0.15, -0.1) is 0 Å². The number of imidazole rings is 1. The van der Waals surface area contributed by atoms with E-state index in [4.69, 9.17) is 4.74 Å². The number of hydrogen-bond acceptors (Lipinski definition) is 3. The molecule has 0 bridgehead atoms. The molecule has 1 aliphatic rings. The van der Waals surface area contributed by atoms with Crippen molar-refractivity contribution in [1.29, 1.82) is 0 Å². The normalized spacial score (nSPS) is 14.4. The molecule has 1 aliphatic heterocycles. The van der Waals surface area contributed by atoms with E-state index in [0.29, 0.717) is 13.0 Å². The summed E-state index contributed by atoms with van der Waals surface area (Å²) in [5, 5.41) is 0. The third-order valence-corrected chi connectivity index (χ3v) is 4.88. The van der Waals surface area contributed by atoms with Gasteiger partial charge in [0.15, 0.2) is 0 Å². The van der Waals surface area contributed by atoms with Crippen LogP contribution in [0.3, 0.4) is 0 Å². The Balaban J connectivity index is 1.37. The third kappa shape index (κ3) is 4.03. The van der Waals surface area contributed by atoms with Crippen molar-refractivity contribution in [3.8, 4) is 17.0 Å². The number of aromatic nitrogens is 2. The van der Waals surface area contributed by atoms with Crippen LogP contribution in [0.5, 0.6) is 5.75 Å². The smallest absolute Gasteiger partial charge is 0.226 e. The summed E-state index contributed by atoms with van der Waals surface area (Å²) in [7, 11) is 0. The zero-order chi connectivity index (χ0) is 18.5. The van der Waals surface area contributed by atoms with Crippen LogP contribution in [0.25, 0.3) is 11.3 Å². The third-order valence-electron chi connectivity index (χ3n) is 4.88. The summed E-state index contributed by atoms with van der Waals surface area (Å²) in [5.41, 5.74) is 4.05. The van der Waals surface area contributed by atoms with Gasteiger partial charge in [0.2, 0.25) is 5.91 Å². The molecule has 2 aromatic carbocycles. The van der Waals surface area contributed by atoms with Gasteiger partial charge in [-0.2, -0.15) is 0 Å². The molecule has 1 aromatic heterocycles. The number of ether oxygens (including phenoxy) is 1. The first kappa shape index (κ1) is 17.3. The standard InChI is InChI=1S/C22H23N3O2/c26-22-7-3-4-13-25(22)18-10-8-17(9-11-18)12-14-27-21-6-2-1-5-19(21)20-15-23-16-24-20/h1-2,5-6,8-11,15-16H,3-4,7,12-14H2,(H,23,24). The largest absolute Gasteiger partial charge is 0.493 e. The molecule has 5 nitrogen and oxygen atoms in total. The highest BCUT2D eigenvalue weighted by Crippen LogP contribution is 2.28. The summed E-state index contributed by atoms with van der Waals surface area (Å²) < 4.78 is 6.01. The van der Waals surface area contributed by atoms with Crippen LogP contribution in [-0.2, 0) is 11.2 Å². The Kier molecular flexibility index (Phi) is 5.19. The molecule has 0 saturated carbocycles. The maximum Gasteiger partial charge on any atom is 0.226 e. The van der Waals surface area contributed by atoms with E-state index in [2.05, 4.69) is 22.1 Å². The fraction of sp³-hybridized carbons (Fsp3) is 0.273. The Morgan fingerprint density at radius 2 is 1.93 bits per heavy atom. The Morgan fingerprint density at radius 1 is 1.07 bits per heavy atom. The molecule has 2 heterocycles. The lowest BCUT2D eigenvalue weighted by Gasteiger charge is -2.26. The number of amides is 1. The van der Waals surface area contributed by atoms with Crippen molar-refractivity contribution < 1.29 is 9.53 Å². The number of H-pyrrole nitrogens is 1. The number of piperidine rings is 1. The van der Waals surface area contributed by atoms with E-state index in [9.17, 15) is 4.79 Å². The summed E-state index contributed by atoms with van der Waals surface area (Å²) in [5.74, 6) is 1.06. The van der Waals surface area contributed by atoms with Crippen LogP contribution in [0.2, 0.25) is 0 Å². The van der Waals surface area contributed by atoms with Gasteiger partial charge < -0.3 is 14.6 Å². The fourth-order valence-electron chi connectivity index (χ4n) is 3.41. The summed E-state index contributed by atoms with van der Waals surface area (Å²) >= 11 is 0. The number of benzene rings is 2. The van der Waals surface area contributed by atoms with Gasteiger partial charge in [-0.25, -0.2) is 4.98 Å². The molecule has 1 N–H and O–H groups in total. The predicted octanol–water partition coefficient (Wildman–Crippen LogP) is 4.22. The first-order valence-electron chi connectivity index (χ1n) is 9.41.